The number of carbonyl (C=O) groups excluding carboxylic acids is 1. The first kappa shape index (κ1) is 17.3. The van der Waals surface area contributed by atoms with Crippen molar-refractivity contribution in [1.29, 1.82) is 0 Å². The minimum absolute atomic E-state index is 0.152. The zero-order valence-corrected chi connectivity index (χ0v) is 14.4. The van der Waals surface area contributed by atoms with Crippen molar-refractivity contribution in [2.75, 3.05) is 12.4 Å². The van der Waals surface area contributed by atoms with Gasteiger partial charge in [0.1, 0.15) is 5.69 Å². The molecule has 0 spiro atoms. The second-order valence-corrected chi connectivity index (χ2v) is 5.77. The van der Waals surface area contributed by atoms with Crippen LogP contribution in [0.4, 0.5) is 11.6 Å². The molecule has 0 atom stereocenters. The molecule has 0 saturated carbocycles. The van der Waals surface area contributed by atoms with Crippen molar-refractivity contribution in [3.05, 3.63) is 81.3 Å². The number of benzene rings is 2. The van der Waals surface area contributed by atoms with Gasteiger partial charge in [0.25, 0.3) is 5.56 Å². The van der Waals surface area contributed by atoms with E-state index in [4.69, 9.17) is 4.74 Å². The van der Waals surface area contributed by atoms with Gasteiger partial charge in [-0.3, -0.25) is 9.78 Å². The van der Waals surface area contributed by atoms with Crippen molar-refractivity contribution in [2.24, 2.45) is 0 Å². The Morgan fingerprint density at radius 2 is 1.85 bits per heavy atom. The molecule has 2 N–H and O–H groups in total. The van der Waals surface area contributed by atoms with Gasteiger partial charge in [0.2, 0.25) is 5.95 Å². The van der Waals surface area contributed by atoms with Crippen LogP contribution in [-0.4, -0.2) is 28.3 Å². The van der Waals surface area contributed by atoms with Gasteiger partial charge in [0.05, 0.1) is 18.4 Å². The maximum absolute atomic E-state index is 12.3. The number of hydrogen-bond acceptors (Lipinski definition) is 6. The Morgan fingerprint density at radius 3 is 2.54 bits per heavy atom. The number of ether oxygens (including phenoxy) is 1. The SMILES string of the molecule is COC(=O)c1ccccc1Nc1nnc(Cc2ccc(C)cc2)c(=O)[nH]1. The Labute approximate surface area is 150 Å². The predicted octanol–water partition coefficient (Wildman–Crippen LogP) is 2.59. The van der Waals surface area contributed by atoms with Gasteiger partial charge in [0.15, 0.2) is 0 Å². The summed E-state index contributed by atoms with van der Waals surface area (Å²) in [6.07, 6.45) is 0.391. The molecule has 0 radical (unpaired) electrons. The summed E-state index contributed by atoms with van der Waals surface area (Å²) in [5, 5.41) is 10.9. The molecule has 0 saturated heterocycles. The number of H-pyrrole nitrogens is 1. The average Bonchev–Trinajstić information content (AvgIpc) is 2.65. The van der Waals surface area contributed by atoms with Gasteiger partial charge in [-0.15, -0.1) is 10.2 Å². The van der Waals surface area contributed by atoms with Crippen molar-refractivity contribution in [2.45, 2.75) is 13.3 Å². The Bertz CT molecular complexity index is 981. The minimum atomic E-state index is -0.487. The number of rotatable bonds is 5. The number of nitrogens with zero attached hydrogens (tertiary/aromatic N) is 2. The summed E-state index contributed by atoms with van der Waals surface area (Å²) in [4.78, 5) is 26.7. The fraction of sp³-hybridized carbons (Fsp3) is 0.158. The maximum atomic E-state index is 12.3. The molecule has 3 rings (SSSR count). The quantitative estimate of drug-likeness (QED) is 0.687. The summed E-state index contributed by atoms with van der Waals surface area (Å²) in [6.45, 7) is 2.00. The van der Waals surface area contributed by atoms with Gasteiger partial charge in [-0.05, 0) is 24.6 Å². The number of aromatic nitrogens is 3. The Kier molecular flexibility index (Phi) is 5.07. The second kappa shape index (κ2) is 7.60. The number of esters is 1. The lowest BCUT2D eigenvalue weighted by Gasteiger charge is -2.09. The first-order valence-electron chi connectivity index (χ1n) is 8.02. The second-order valence-electron chi connectivity index (χ2n) is 5.77. The molecule has 0 aliphatic carbocycles. The molecule has 0 aliphatic heterocycles. The minimum Gasteiger partial charge on any atom is -0.465 e. The van der Waals surface area contributed by atoms with E-state index in [0.717, 1.165) is 11.1 Å². The lowest BCUT2D eigenvalue weighted by atomic mass is 10.1. The molecule has 26 heavy (non-hydrogen) atoms. The highest BCUT2D eigenvalue weighted by Crippen LogP contribution is 2.18. The summed E-state index contributed by atoms with van der Waals surface area (Å²) in [7, 11) is 1.31. The van der Waals surface area contributed by atoms with E-state index in [0.29, 0.717) is 23.4 Å². The van der Waals surface area contributed by atoms with E-state index in [-0.39, 0.29) is 11.5 Å². The summed E-state index contributed by atoms with van der Waals surface area (Å²) in [5.41, 5.74) is 2.92. The topological polar surface area (TPSA) is 97.0 Å². The third-order valence-electron chi connectivity index (χ3n) is 3.84. The van der Waals surface area contributed by atoms with Gasteiger partial charge >= 0.3 is 5.97 Å². The summed E-state index contributed by atoms with van der Waals surface area (Å²) >= 11 is 0. The van der Waals surface area contributed by atoms with Gasteiger partial charge in [-0.1, -0.05) is 42.0 Å². The molecule has 0 aliphatic rings. The molecule has 0 unspecified atom stereocenters. The lowest BCUT2D eigenvalue weighted by Crippen LogP contribution is -2.19. The van der Waals surface area contributed by atoms with Crippen molar-refractivity contribution < 1.29 is 9.53 Å². The Hall–Kier alpha value is -3.48. The number of aryl methyl sites for hydroxylation is 1. The van der Waals surface area contributed by atoms with Crippen LogP contribution in [0.5, 0.6) is 0 Å². The van der Waals surface area contributed by atoms with Crippen LogP contribution in [0.2, 0.25) is 0 Å². The number of aromatic amines is 1. The molecule has 2 aromatic carbocycles. The van der Waals surface area contributed by atoms with Crippen LogP contribution in [0, 0.1) is 6.92 Å². The average molecular weight is 350 g/mol. The first-order valence-corrected chi connectivity index (χ1v) is 8.02. The number of methoxy groups -OCH3 is 1. The van der Waals surface area contributed by atoms with Crippen molar-refractivity contribution in [3.8, 4) is 0 Å². The van der Waals surface area contributed by atoms with Crippen LogP contribution in [0.15, 0.2) is 53.3 Å². The van der Waals surface area contributed by atoms with Gasteiger partial charge < -0.3 is 10.1 Å². The van der Waals surface area contributed by atoms with E-state index < -0.39 is 5.97 Å². The molecular weight excluding hydrogens is 332 g/mol. The van der Waals surface area contributed by atoms with Crippen molar-refractivity contribution in [1.82, 2.24) is 15.2 Å². The molecule has 0 bridgehead atoms. The van der Waals surface area contributed by atoms with E-state index in [9.17, 15) is 9.59 Å². The number of hydrogen-bond donors (Lipinski definition) is 2. The summed E-state index contributed by atoms with van der Waals surface area (Å²) < 4.78 is 4.75. The first-order chi connectivity index (χ1) is 12.6. The molecule has 132 valence electrons. The van der Waals surface area contributed by atoms with Crippen LogP contribution in [0.25, 0.3) is 0 Å². The standard InChI is InChI=1S/C19H18N4O3/c1-12-7-9-13(10-8-12)11-16-17(24)21-19(23-22-16)20-15-6-4-3-5-14(15)18(25)26-2/h3-10H,11H2,1-2H3,(H2,20,21,23,24). The summed E-state index contributed by atoms with van der Waals surface area (Å²) in [6, 6.07) is 14.7. The van der Waals surface area contributed by atoms with Crippen LogP contribution < -0.4 is 10.9 Å². The van der Waals surface area contributed by atoms with Gasteiger partial charge in [-0.2, -0.15) is 0 Å². The van der Waals surface area contributed by atoms with Crippen LogP contribution in [0.3, 0.4) is 0 Å². The normalized spacial score (nSPS) is 10.4. The van der Waals surface area contributed by atoms with Gasteiger partial charge in [0, 0.05) is 6.42 Å². The zero-order valence-electron chi connectivity index (χ0n) is 14.4. The van der Waals surface area contributed by atoms with Crippen LogP contribution >= 0.6 is 0 Å². The highest BCUT2D eigenvalue weighted by molar-refractivity contribution is 5.96. The monoisotopic (exact) mass is 350 g/mol. The van der Waals surface area contributed by atoms with Crippen molar-refractivity contribution in [3.63, 3.8) is 0 Å². The van der Waals surface area contributed by atoms with E-state index in [1.807, 2.05) is 31.2 Å². The Balaban J connectivity index is 1.81. The third-order valence-corrected chi connectivity index (χ3v) is 3.84. The smallest absolute Gasteiger partial charge is 0.339 e. The van der Waals surface area contributed by atoms with E-state index >= 15 is 0 Å². The molecule has 7 nitrogen and oxygen atoms in total. The lowest BCUT2D eigenvalue weighted by molar-refractivity contribution is 0.0602. The summed E-state index contributed by atoms with van der Waals surface area (Å²) in [5.74, 6) is -0.335. The zero-order chi connectivity index (χ0) is 18.5. The van der Waals surface area contributed by atoms with Crippen LogP contribution in [0.1, 0.15) is 27.2 Å². The largest absolute Gasteiger partial charge is 0.465 e. The molecule has 0 amide bonds. The van der Waals surface area contributed by atoms with E-state index in [1.165, 1.54) is 7.11 Å². The molecule has 7 heteroatoms. The van der Waals surface area contributed by atoms with E-state index in [1.54, 1.807) is 24.3 Å². The van der Waals surface area contributed by atoms with Crippen molar-refractivity contribution >= 4 is 17.6 Å². The molecule has 0 fully saturated rings. The number of nitrogens with one attached hydrogen (secondary N) is 2. The fourth-order valence-corrected chi connectivity index (χ4v) is 2.44. The molecule has 1 aromatic heterocycles. The number of carbonyl (C=O) groups is 1. The highest BCUT2D eigenvalue weighted by Gasteiger charge is 2.13. The molecule has 1 heterocycles. The number of para-hydroxylation sites is 1. The fourth-order valence-electron chi connectivity index (χ4n) is 2.44. The van der Waals surface area contributed by atoms with Gasteiger partial charge in [-0.25, -0.2) is 4.79 Å². The molecule has 3 aromatic rings. The number of anilines is 2. The Morgan fingerprint density at radius 1 is 1.12 bits per heavy atom. The van der Waals surface area contributed by atoms with Crippen LogP contribution in [-0.2, 0) is 11.2 Å². The maximum Gasteiger partial charge on any atom is 0.339 e. The van der Waals surface area contributed by atoms with E-state index in [2.05, 4.69) is 20.5 Å². The molecular formula is C19H18N4O3. The third kappa shape index (κ3) is 3.94. The predicted molar refractivity (Wildman–Crippen MR) is 97.7 cm³/mol. The highest BCUT2D eigenvalue weighted by atomic mass is 16.5.